The molecule has 0 amide bonds. The van der Waals surface area contributed by atoms with E-state index in [1.165, 1.54) is 5.56 Å². The van der Waals surface area contributed by atoms with Crippen LogP contribution in [0.4, 0.5) is 0 Å². The van der Waals surface area contributed by atoms with Gasteiger partial charge >= 0.3 is 0 Å². The Bertz CT molecular complexity index is 236. The summed E-state index contributed by atoms with van der Waals surface area (Å²) in [6, 6.07) is 10.3. The summed E-state index contributed by atoms with van der Waals surface area (Å²) in [7, 11) is 0. The molecule has 1 fully saturated rings. The van der Waals surface area contributed by atoms with Gasteiger partial charge in [0.1, 0.15) is 0 Å². The van der Waals surface area contributed by atoms with E-state index in [2.05, 4.69) is 25.5 Å². The molecule has 2 rings (SSSR count). The summed E-state index contributed by atoms with van der Waals surface area (Å²) in [6.45, 7) is 2.96. The van der Waals surface area contributed by atoms with Gasteiger partial charge in [-0.05, 0) is 12.5 Å². The van der Waals surface area contributed by atoms with Crippen molar-refractivity contribution in [3.63, 3.8) is 0 Å². The van der Waals surface area contributed by atoms with E-state index in [0.717, 1.165) is 6.61 Å². The Hall–Kier alpha value is -0.820. The second-order valence-electron chi connectivity index (χ2n) is 3.16. The summed E-state index contributed by atoms with van der Waals surface area (Å²) in [5.41, 5.74) is 1.27. The molecule has 1 saturated heterocycles. The van der Waals surface area contributed by atoms with E-state index in [9.17, 15) is 0 Å². The SMILES string of the molecule is CC1([CH]c2ccccc2)CO1. The minimum Gasteiger partial charge on any atom is -0.369 e. The van der Waals surface area contributed by atoms with Crippen molar-refractivity contribution in [3.05, 3.63) is 42.3 Å². The Kier molecular flexibility index (Phi) is 1.46. The van der Waals surface area contributed by atoms with Gasteiger partial charge in [0.05, 0.1) is 12.2 Å². The van der Waals surface area contributed by atoms with Crippen molar-refractivity contribution >= 4 is 0 Å². The molecule has 1 nitrogen and oxygen atoms in total. The van der Waals surface area contributed by atoms with Crippen LogP contribution >= 0.6 is 0 Å². The highest BCUT2D eigenvalue weighted by atomic mass is 16.6. The summed E-state index contributed by atoms with van der Waals surface area (Å²) < 4.78 is 5.24. The molecule has 1 radical (unpaired) electrons. The molecule has 1 aromatic carbocycles. The Morgan fingerprint density at radius 2 is 2.00 bits per heavy atom. The lowest BCUT2D eigenvalue weighted by atomic mass is 10.0. The number of benzene rings is 1. The van der Waals surface area contributed by atoms with Crippen molar-refractivity contribution in [3.8, 4) is 0 Å². The standard InChI is InChI=1S/C10H11O/c1-10(8-11-10)7-9-5-3-2-4-6-9/h2-7H,8H2,1H3. The van der Waals surface area contributed by atoms with E-state index in [-0.39, 0.29) is 5.60 Å². The van der Waals surface area contributed by atoms with Crippen LogP contribution in [0, 0.1) is 6.42 Å². The lowest BCUT2D eigenvalue weighted by Gasteiger charge is -2.02. The summed E-state index contributed by atoms with van der Waals surface area (Å²) in [4.78, 5) is 0. The second kappa shape index (κ2) is 2.35. The average molecular weight is 147 g/mol. The van der Waals surface area contributed by atoms with E-state index < -0.39 is 0 Å². The highest BCUT2D eigenvalue weighted by Gasteiger charge is 2.39. The fourth-order valence-electron chi connectivity index (χ4n) is 1.10. The Morgan fingerprint density at radius 1 is 1.36 bits per heavy atom. The minimum atomic E-state index is 0.0291. The predicted molar refractivity (Wildman–Crippen MR) is 44.2 cm³/mol. The summed E-state index contributed by atoms with van der Waals surface area (Å²) in [6.07, 6.45) is 2.16. The van der Waals surface area contributed by atoms with Gasteiger partial charge < -0.3 is 4.74 Å². The largest absolute Gasteiger partial charge is 0.369 e. The maximum Gasteiger partial charge on any atom is 0.0963 e. The molecule has 0 aliphatic carbocycles. The molecule has 57 valence electrons. The number of hydrogen-bond donors (Lipinski definition) is 0. The fraction of sp³-hybridized carbons (Fsp3) is 0.300. The third kappa shape index (κ3) is 1.60. The van der Waals surface area contributed by atoms with Crippen molar-refractivity contribution in [2.24, 2.45) is 0 Å². The normalized spacial score (nSPS) is 28.5. The number of rotatable bonds is 2. The Balaban J connectivity index is 2.07. The third-order valence-corrected chi connectivity index (χ3v) is 1.87. The lowest BCUT2D eigenvalue weighted by Crippen LogP contribution is -2.05. The molecule has 11 heavy (non-hydrogen) atoms. The van der Waals surface area contributed by atoms with Crippen LogP contribution in [-0.4, -0.2) is 12.2 Å². The van der Waals surface area contributed by atoms with Gasteiger partial charge in [0.25, 0.3) is 0 Å². The van der Waals surface area contributed by atoms with Crippen LogP contribution in [-0.2, 0) is 4.74 Å². The Morgan fingerprint density at radius 3 is 2.55 bits per heavy atom. The third-order valence-electron chi connectivity index (χ3n) is 1.87. The number of epoxide rings is 1. The maximum atomic E-state index is 5.24. The Labute approximate surface area is 67.0 Å². The van der Waals surface area contributed by atoms with Crippen molar-refractivity contribution < 1.29 is 4.74 Å². The number of hydrogen-bond acceptors (Lipinski definition) is 1. The van der Waals surface area contributed by atoms with Gasteiger partial charge in [-0.25, -0.2) is 0 Å². The monoisotopic (exact) mass is 147 g/mol. The van der Waals surface area contributed by atoms with Gasteiger partial charge in [-0.15, -0.1) is 0 Å². The first-order valence-electron chi connectivity index (χ1n) is 3.83. The van der Waals surface area contributed by atoms with Crippen molar-refractivity contribution in [2.45, 2.75) is 12.5 Å². The zero-order valence-electron chi connectivity index (χ0n) is 6.58. The second-order valence-corrected chi connectivity index (χ2v) is 3.16. The summed E-state index contributed by atoms with van der Waals surface area (Å²) in [5, 5.41) is 0. The highest BCUT2D eigenvalue weighted by molar-refractivity contribution is 5.28. The van der Waals surface area contributed by atoms with Crippen LogP contribution in [0.5, 0.6) is 0 Å². The molecule has 1 unspecified atom stereocenters. The van der Waals surface area contributed by atoms with Gasteiger partial charge in [0.15, 0.2) is 0 Å². The zero-order chi connectivity index (χ0) is 7.73. The maximum absolute atomic E-state index is 5.24. The van der Waals surface area contributed by atoms with Crippen LogP contribution < -0.4 is 0 Å². The van der Waals surface area contributed by atoms with E-state index in [0.29, 0.717) is 0 Å². The van der Waals surface area contributed by atoms with E-state index >= 15 is 0 Å². The van der Waals surface area contributed by atoms with Crippen molar-refractivity contribution in [1.29, 1.82) is 0 Å². The predicted octanol–water partition coefficient (Wildman–Crippen LogP) is 2.03. The minimum absolute atomic E-state index is 0.0291. The average Bonchev–Trinajstić information content (AvgIpc) is 2.70. The topological polar surface area (TPSA) is 12.5 Å². The van der Waals surface area contributed by atoms with Gasteiger partial charge in [0, 0.05) is 6.42 Å². The summed E-state index contributed by atoms with van der Waals surface area (Å²) >= 11 is 0. The molecular weight excluding hydrogens is 136 g/mol. The molecule has 1 aliphatic rings. The van der Waals surface area contributed by atoms with E-state index in [1.54, 1.807) is 0 Å². The zero-order valence-corrected chi connectivity index (χ0v) is 6.58. The van der Waals surface area contributed by atoms with Crippen LogP contribution in [0.15, 0.2) is 30.3 Å². The smallest absolute Gasteiger partial charge is 0.0963 e. The molecule has 0 saturated carbocycles. The van der Waals surface area contributed by atoms with Gasteiger partial charge in [-0.1, -0.05) is 30.3 Å². The molecular formula is C10H11O. The molecule has 0 spiro atoms. The first-order valence-corrected chi connectivity index (χ1v) is 3.83. The molecule has 0 N–H and O–H groups in total. The molecule has 1 heteroatoms. The molecule has 1 atom stereocenters. The van der Waals surface area contributed by atoms with Crippen molar-refractivity contribution in [1.82, 2.24) is 0 Å². The van der Waals surface area contributed by atoms with Gasteiger partial charge in [-0.2, -0.15) is 0 Å². The molecule has 0 bridgehead atoms. The fourth-order valence-corrected chi connectivity index (χ4v) is 1.10. The first kappa shape index (κ1) is 6.86. The van der Waals surface area contributed by atoms with Crippen LogP contribution in [0.3, 0.4) is 0 Å². The van der Waals surface area contributed by atoms with Crippen LogP contribution in [0.1, 0.15) is 12.5 Å². The summed E-state index contributed by atoms with van der Waals surface area (Å²) in [5.74, 6) is 0. The van der Waals surface area contributed by atoms with E-state index in [1.807, 2.05) is 18.2 Å². The van der Waals surface area contributed by atoms with E-state index in [4.69, 9.17) is 4.74 Å². The quantitative estimate of drug-likeness (QED) is 0.583. The van der Waals surface area contributed by atoms with Gasteiger partial charge in [0.2, 0.25) is 0 Å². The van der Waals surface area contributed by atoms with Gasteiger partial charge in [-0.3, -0.25) is 0 Å². The number of ether oxygens (including phenoxy) is 1. The molecule has 1 aromatic rings. The lowest BCUT2D eigenvalue weighted by molar-refractivity contribution is 0.357. The molecule has 1 heterocycles. The van der Waals surface area contributed by atoms with Crippen LogP contribution in [0.25, 0.3) is 0 Å². The van der Waals surface area contributed by atoms with Crippen LogP contribution in [0.2, 0.25) is 0 Å². The molecule has 1 aliphatic heterocycles. The first-order chi connectivity index (χ1) is 5.29. The van der Waals surface area contributed by atoms with Crippen molar-refractivity contribution in [2.75, 3.05) is 6.61 Å². The highest BCUT2D eigenvalue weighted by Crippen LogP contribution is 2.31. The molecule has 0 aromatic heterocycles.